The summed E-state index contributed by atoms with van der Waals surface area (Å²) in [6.45, 7) is 0. The molecule has 2 aromatic carbocycles. The van der Waals surface area contributed by atoms with E-state index in [4.69, 9.17) is 4.74 Å². The molecule has 1 aliphatic rings. The molecule has 7 nitrogen and oxygen atoms in total. The highest BCUT2D eigenvalue weighted by Crippen LogP contribution is 2.29. The molecule has 0 radical (unpaired) electrons. The smallest absolute Gasteiger partial charge is 0.343 e. The van der Waals surface area contributed by atoms with E-state index in [9.17, 15) is 18.0 Å². The Morgan fingerprint density at radius 2 is 1.74 bits per heavy atom. The number of esters is 1. The number of para-hydroxylation sites is 1. The van der Waals surface area contributed by atoms with Crippen LogP contribution in [0.4, 0.5) is 0 Å². The lowest BCUT2D eigenvalue weighted by Crippen LogP contribution is -2.38. The molecule has 0 bridgehead atoms. The maximum absolute atomic E-state index is 12.6. The van der Waals surface area contributed by atoms with Crippen molar-refractivity contribution in [3.05, 3.63) is 76.2 Å². The summed E-state index contributed by atoms with van der Waals surface area (Å²) in [4.78, 5) is 24.8. The molecule has 1 unspecified atom stereocenters. The number of rotatable bonds is 5. The average Bonchev–Trinajstić information content (AvgIpc) is 3.12. The fourth-order valence-electron chi connectivity index (χ4n) is 2.27. The Labute approximate surface area is 160 Å². The van der Waals surface area contributed by atoms with Gasteiger partial charge in [-0.3, -0.25) is 4.79 Å². The molecule has 2 N–H and O–H groups in total. The maximum Gasteiger partial charge on any atom is 0.343 e. The van der Waals surface area contributed by atoms with Gasteiger partial charge in [0, 0.05) is 12.5 Å². The number of sulfone groups is 1. The molecule has 140 valence electrons. The Hall–Kier alpha value is -2.78. The number of thioether (sulfide) groups is 1. The Kier molecular flexibility index (Phi) is 5.52. The lowest BCUT2D eigenvalue weighted by Gasteiger charge is -2.15. The SMILES string of the molecule is CS(=O)(=O)C1=CNC(NC(=O)c2ccccc2OC(=O)c2ccccc2)S1. The van der Waals surface area contributed by atoms with E-state index < -0.39 is 27.2 Å². The number of carbonyl (C=O) groups excluding carboxylic acids is 2. The summed E-state index contributed by atoms with van der Waals surface area (Å²) in [7, 11) is -3.35. The van der Waals surface area contributed by atoms with Crippen LogP contribution in [0, 0.1) is 0 Å². The van der Waals surface area contributed by atoms with E-state index >= 15 is 0 Å². The van der Waals surface area contributed by atoms with Crippen molar-refractivity contribution in [1.82, 2.24) is 10.6 Å². The van der Waals surface area contributed by atoms with Gasteiger partial charge < -0.3 is 15.4 Å². The topological polar surface area (TPSA) is 102 Å². The fraction of sp³-hybridized carbons (Fsp3) is 0.111. The summed E-state index contributed by atoms with van der Waals surface area (Å²) >= 11 is 0.980. The zero-order chi connectivity index (χ0) is 19.4. The molecule has 9 heteroatoms. The van der Waals surface area contributed by atoms with E-state index in [0.717, 1.165) is 18.0 Å². The third-order valence-electron chi connectivity index (χ3n) is 3.56. The van der Waals surface area contributed by atoms with Crippen molar-refractivity contribution in [3.8, 4) is 5.75 Å². The number of amides is 1. The molecule has 3 rings (SSSR count). The Morgan fingerprint density at radius 3 is 2.41 bits per heavy atom. The van der Waals surface area contributed by atoms with Crippen molar-refractivity contribution in [2.75, 3.05) is 6.26 Å². The van der Waals surface area contributed by atoms with Crippen molar-refractivity contribution >= 4 is 33.5 Å². The van der Waals surface area contributed by atoms with Gasteiger partial charge in [0.25, 0.3) is 5.91 Å². The largest absolute Gasteiger partial charge is 0.422 e. The number of nitrogens with one attached hydrogen (secondary N) is 2. The molecule has 0 fully saturated rings. The molecular formula is C18H16N2O5S2. The zero-order valence-electron chi connectivity index (χ0n) is 14.2. The lowest BCUT2D eigenvalue weighted by atomic mass is 10.2. The van der Waals surface area contributed by atoms with Gasteiger partial charge in [-0.2, -0.15) is 0 Å². The van der Waals surface area contributed by atoms with E-state index in [1.807, 2.05) is 0 Å². The van der Waals surface area contributed by atoms with Crippen LogP contribution in [0.2, 0.25) is 0 Å². The van der Waals surface area contributed by atoms with Gasteiger partial charge in [-0.25, -0.2) is 13.2 Å². The number of carbonyl (C=O) groups is 2. The summed E-state index contributed by atoms with van der Waals surface area (Å²) in [5.74, 6) is -0.965. The van der Waals surface area contributed by atoms with Crippen LogP contribution < -0.4 is 15.4 Å². The molecule has 1 atom stereocenters. The third-order valence-corrected chi connectivity index (χ3v) is 6.44. The van der Waals surface area contributed by atoms with Crippen molar-refractivity contribution in [2.45, 2.75) is 5.50 Å². The number of hydrogen-bond acceptors (Lipinski definition) is 7. The van der Waals surface area contributed by atoms with Gasteiger partial charge in [0.2, 0.25) is 0 Å². The van der Waals surface area contributed by atoms with E-state index in [-0.39, 0.29) is 15.6 Å². The summed E-state index contributed by atoms with van der Waals surface area (Å²) in [6.07, 6.45) is 2.43. The zero-order valence-corrected chi connectivity index (χ0v) is 15.8. The third kappa shape index (κ3) is 4.69. The number of benzene rings is 2. The van der Waals surface area contributed by atoms with Crippen LogP contribution in [0.5, 0.6) is 5.75 Å². The number of hydrogen-bond donors (Lipinski definition) is 2. The van der Waals surface area contributed by atoms with Crippen LogP contribution in [-0.4, -0.2) is 32.0 Å². The maximum atomic E-state index is 12.6. The first-order valence-corrected chi connectivity index (χ1v) is 10.6. The highest BCUT2D eigenvalue weighted by Gasteiger charge is 2.26. The number of ether oxygens (including phenoxy) is 1. The second-order valence-corrected chi connectivity index (χ2v) is 9.01. The van der Waals surface area contributed by atoms with Gasteiger partial charge in [0.15, 0.2) is 15.3 Å². The first-order chi connectivity index (χ1) is 12.8. The van der Waals surface area contributed by atoms with Crippen molar-refractivity contribution < 1.29 is 22.7 Å². The minimum Gasteiger partial charge on any atom is -0.422 e. The van der Waals surface area contributed by atoms with Gasteiger partial charge in [-0.05, 0) is 24.3 Å². The predicted molar refractivity (Wildman–Crippen MR) is 103 cm³/mol. The van der Waals surface area contributed by atoms with Gasteiger partial charge in [-0.1, -0.05) is 42.1 Å². The normalized spacial score (nSPS) is 16.2. The molecule has 0 saturated heterocycles. The predicted octanol–water partition coefficient (Wildman–Crippen LogP) is 2.10. The summed E-state index contributed by atoms with van der Waals surface area (Å²) < 4.78 is 28.6. The average molecular weight is 404 g/mol. The second-order valence-electron chi connectivity index (χ2n) is 5.63. The molecule has 1 aliphatic heterocycles. The van der Waals surface area contributed by atoms with Gasteiger partial charge in [0.05, 0.1) is 11.1 Å². The molecule has 0 saturated carbocycles. The summed E-state index contributed by atoms with van der Waals surface area (Å²) in [5.41, 5.74) is -0.111. The first-order valence-electron chi connectivity index (χ1n) is 7.84. The molecule has 0 spiro atoms. The van der Waals surface area contributed by atoms with Crippen LogP contribution in [-0.2, 0) is 9.84 Å². The molecule has 27 heavy (non-hydrogen) atoms. The quantitative estimate of drug-likeness (QED) is 0.581. The van der Waals surface area contributed by atoms with Crippen LogP contribution in [0.3, 0.4) is 0 Å². The minimum absolute atomic E-state index is 0.114. The molecule has 0 aromatic heterocycles. The van der Waals surface area contributed by atoms with Crippen molar-refractivity contribution in [3.63, 3.8) is 0 Å². The standard InChI is InChI=1S/C18H16N2O5S2/c1-27(23,24)15-11-19-18(26-15)20-16(21)13-9-5-6-10-14(13)25-17(22)12-7-3-2-4-8-12/h2-11,18-19H,1H3,(H,20,21). The molecular weight excluding hydrogens is 388 g/mol. The van der Waals surface area contributed by atoms with Gasteiger partial charge in [0.1, 0.15) is 9.99 Å². The van der Waals surface area contributed by atoms with Crippen LogP contribution in [0.1, 0.15) is 20.7 Å². The summed E-state index contributed by atoms with van der Waals surface area (Å²) in [6, 6.07) is 14.8. The Bertz CT molecular complexity index is 1000. The molecule has 1 heterocycles. The summed E-state index contributed by atoms with van der Waals surface area (Å²) in [5, 5.41) is 5.44. The van der Waals surface area contributed by atoms with Gasteiger partial charge in [-0.15, -0.1) is 0 Å². The fourth-order valence-corrected chi connectivity index (χ4v) is 4.21. The molecule has 0 aliphatic carbocycles. The van der Waals surface area contributed by atoms with E-state index in [1.54, 1.807) is 42.5 Å². The van der Waals surface area contributed by atoms with E-state index in [2.05, 4.69) is 10.6 Å². The van der Waals surface area contributed by atoms with Crippen LogP contribution in [0.15, 0.2) is 65.0 Å². The van der Waals surface area contributed by atoms with E-state index in [1.165, 1.54) is 18.3 Å². The monoisotopic (exact) mass is 404 g/mol. The Balaban J connectivity index is 1.71. The van der Waals surface area contributed by atoms with Crippen LogP contribution in [0.25, 0.3) is 0 Å². The lowest BCUT2D eigenvalue weighted by molar-refractivity contribution is 0.0732. The highest BCUT2D eigenvalue weighted by molar-refractivity contribution is 8.18. The van der Waals surface area contributed by atoms with E-state index in [0.29, 0.717) is 5.56 Å². The minimum atomic E-state index is -3.35. The molecule has 2 aromatic rings. The van der Waals surface area contributed by atoms with Crippen molar-refractivity contribution in [2.24, 2.45) is 0 Å². The van der Waals surface area contributed by atoms with Crippen molar-refractivity contribution in [1.29, 1.82) is 0 Å². The van der Waals surface area contributed by atoms with Crippen LogP contribution >= 0.6 is 11.8 Å². The van der Waals surface area contributed by atoms with Gasteiger partial charge >= 0.3 is 5.97 Å². The first kappa shape index (κ1) is 19.0. The Morgan fingerprint density at radius 1 is 1.07 bits per heavy atom. The second kappa shape index (κ2) is 7.85. The highest BCUT2D eigenvalue weighted by atomic mass is 32.3. The molecule has 1 amide bonds.